The third-order valence-electron chi connectivity index (χ3n) is 6.02. The monoisotopic (exact) mass is 486 g/mol. The van der Waals surface area contributed by atoms with Crippen LogP contribution in [0.25, 0.3) is 0 Å². The lowest BCUT2D eigenvalue weighted by Gasteiger charge is -2.20. The third kappa shape index (κ3) is 6.12. The van der Waals surface area contributed by atoms with Crippen LogP contribution in [0, 0.1) is 0 Å². The Balaban J connectivity index is 1.49. The number of fused-ring (bicyclic) bond motifs is 1. The Bertz CT molecular complexity index is 1190. The molecule has 4 rings (SSSR count). The van der Waals surface area contributed by atoms with Crippen LogP contribution in [0.2, 0.25) is 0 Å². The number of benzene rings is 3. The molecule has 0 saturated carbocycles. The molecule has 3 aromatic rings. The molecule has 1 heterocycles. The Morgan fingerprint density at radius 2 is 1.69 bits per heavy atom. The topological polar surface area (TPSA) is 57.2 Å². The molecule has 0 unspecified atom stereocenters. The van der Waals surface area contributed by atoms with Gasteiger partial charge in [-0.2, -0.15) is 0 Å². The number of esters is 1. The minimum Gasteiger partial charge on any atom is -0.461 e. The molecule has 1 aliphatic heterocycles. The van der Waals surface area contributed by atoms with Gasteiger partial charge in [-0.25, -0.2) is 9.79 Å². The molecule has 1 N–H and O–H groups in total. The molecule has 35 heavy (non-hydrogen) atoms. The SMILES string of the molecule is CCN(CC)CCOC(=O)c1ccc(N2Cc3ccccc3C2=NC(=S)Nc2ccccc2)cc1. The lowest BCUT2D eigenvalue weighted by molar-refractivity contribution is 0.0466. The molecule has 3 aromatic carbocycles. The van der Waals surface area contributed by atoms with Gasteiger partial charge in [-0.3, -0.25) is 0 Å². The molecule has 6 nitrogen and oxygen atoms in total. The number of carbonyl (C=O) groups excluding carboxylic acids is 1. The fourth-order valence-electron chi connectivity index (χ4n) is 4.04. The fourth-order valence-corrected chi connectivity index (χ4v) is 4.24. The van der Waals surface area contributed by atoms with Crippen LogP contribution in [0.4, 0.5) is 11.4 Å². The lowest BCUT2D eigenvalue weighted by atomic mass is 10.1. The highest BCUT2D eigenvalue weighted by Crippen LogP contribution is 2.29. The van der Waals surface area contributed by atoms with E-state index >= 15 is 0 Å². The molecule has 0 fully saturated rings. The van der Waals surface area contributed by atoms with Gasteiger partial charge in [-0.15, -0.1) is 0 Å². The van der Waals surface area contributed by atoms with E-state index in [9.17, 15) is 4.79 Å². The second kappa shape index (κ2) is 11.7. The van der Waals surface area contributed by atoms with Crippen LogP contribution < -0.4 is 10.2 Å². The van der Waals surface area contributed by atoms with E-state index in [2.05, 4.69) is 41.1 Å². The second-order valence-electron chi connectivity index (χ2n) is 8.18. The Hall–Kier alpha value is -3.55. The zero-order valence-electron chi connectivity index (χ0n) is 20.1. The highest BCUT2D eigenvalue weighted by molar-refractivity contribution is 7.80. The number of amidine groups is 1. The highest BCUT2D eigenvalue weighted by atomic mass is 32.1. The maximum Gasteiger partial charge on any atom is 0.338 e. The first-order valence-corrected chi connectivity index (χ1v) is 12.3. The number of nitrogens with zero attached hydrogens (tertiary/aromatic N) is 3. The number of nitrogens with one attached hydrogen (secondary N) is 1. The van der Waals surface area contributed by atoms with Crippen molar-refractivity contribution in [2.45, 2.75) is 20.4 Å². The van der Waals surface area contributed by atoms with Crippen molar-refractivity contribution < 1.29 is 9.53 Å². The molecule has 0 aromatic heterocycles. The molecule has 0 saturated heterocycles. The molecule has 180 valence electrons. The van der Waals surface area contributed by atoms with Crippen molar-refractivity contribution in [3.05, 3.63) is 95.6 Å². The summed E-state index contributed by atoms with van der Waals surface area (Å²) in [6, 6.07) is 25.4. The summed E-state index contributed by atoms with van der Waals surface area (Å²) in [6.07, 6.45) is 0. The summed E-state index contributed by atoms with van der Waals surface area (Å²) in [5, 5.41) is 3.57. The summed E-state index contributed by atoms with van der Waals surface area (Å²) < 4.78 is 5.47. The summed E-state index contributed by atoms with van der Waals surface area (Å²) >= 11 is 5.55. The minimum atomic E-state index is -0.310. The molecule has 0 spiro atoms. The zero-order valence-corrected chi connectivity index (χ0v) is 20.9. The van der Waals surface area contributed by atoms with Gasteiger partial charge in [-0.05, 0) is 67.3 Å². The van der Waals surface area contributed by atoms with Gasteiger partial charge >= 0.3 is 5.97 Å². The van der Waals surface area contributed by atoms with Crippen molar-refractivity contribution in [1.82, 2.24) is 4.90 Å². The van der Waals surface area contributed by atoms with E-state index in [1.165, 1.54) is 5.56 Å². The van der Waals surface area contributed by atoms with Crippen LogP contribution in [0.15, 0.2) is 83.9 Å². The number of anilines is 2. The van der Waals surface area contributed by atoms with Gasteiger partial charge in [-0.1, -0.05) is 56.3 Å². The molecule has 0 radical (unpaired) electrons. The molecule has 0 atom stereocenters. The van der Waals surface area contributed by atoms with Crippen LogP contribution in [0.5, 0.6) is 0 Å². The number of hydrogen-bond donors (Lipinski definition) is 1. The van der Waals surface area contributed by atoms with E-state index in [1.807, 2.05) is 54.6 Å². The number of aliphatic imine (C=N–C) groups is 1. The van der Waals surface area contributed by atoms with Crippen LogP contribution in [0.1, 0.15) is 35.3 Å². The molecule has 0 aliphatic carbocycles. The summed E-state index contributed by atoms with van der Waals surface area (Å²) in [4.78, 5) is 21.6. The van der Waals surface area contributed by atoms with Crippen molar-refractivity contribution in [1.29, 1.82) is 0 Å². The van der Waals surface area contributed by atoms with Crippen LogP contribution >= 0.6 is 12.2 Å². The van der Waals surface area contributed by atoms with Crippen LogP contribution in [-0.2, 0) is 11.3 Å². The lowest BCUT2D eigenvalue weighted by Crippen LogP contribution is -2.28. The van der Waals surface area contributed by atoms with Gasteiger partial charge in [0.1, 0.15) is 12.4 Å². The first-order valence-electron chi connectivity index (χ1n) is 11.9. The van der Waals surface area contributed by atoms with Crippen LogP contribution in [-0.4, -0.2) is 48.1 Å². The van der Waals surface area contributed by atoms with E-state index in [-0.39, 0.29) is 5.97 Å². The number of thiocarbonyl (C=S) groups is 1. The molecule has 1 aliphatic rings. The van der Waals surface area contributed by atoms with E-state index in [1.54, 1.807) is 12.1 Å². The van der Waals surface area contributed by atoms with Gasteiger partial charge in [0.05, 0.1) is 12.1 Å². The summed E-state index contributed by atoms with van der Waals surface area (Å²) in [7, 11) is 0. The molecule has 0 amide bonds. The predicted octanol–water partition coefficient (Wildman–Crippen LogP) is 5.35. The normalized spacial score (nSPS) is 13.7. The maximum atomic E-state index is 12.5. The second-order valence-corrected chi connectivity index (χ2v) is 8.57. The first kappa shape index (κ1) is 24.6. The molecular weight excluding hydrogens is 456 g/mol. The van der Waals surface area contributed by atoms with E-state index in [4.69, 9.17) is 21.9 Å². The maximum absolute atomic E-state index is 12.5. The van der Waals surface area contributed by atoms with Gasteiger partial charge < -0.3 is 19.9 Å². The average molecular weight is 487 g/mol. The minimum absolute atomic E-state index is 0.310. The summed E-state index contributed by atoms with van der Waals surface area (Å²) in [5.74, 6) is 0.471. The van der Waals surface area contributed by atoms with Gasteiger partial charge in [0.2, 0.25) is 0 Å². The molecule has 0 bridgehead atoms. The van der Waals surface area contributed by atoms with E-state index in [0.29, 0.717) is 23.8 Å². The van der Waals surface area contributed by atoms with Gasteiger partial charge in [0, 0.05) is 23.5 Å². The predicted molar refractivity (Wildman–Crippen MR) is 146 cm³/mol. The number of hydrogen-bond acceptors (Lipinski definition) is 4. The number of carbonyl (C=O) groups is 1. The summed E-state index contributed by atoms with van der Waals surface area (Å²) in [6.45, 7) is 7.87. The molecular formula is C28H30N4O2S. The Morgan fingerprint density at radius 3 is 2.40 bits per heavy atom. The largest absolute Gasteiger partial charge is 0.461 e. The Labute approximate surface area is 212 Å². The van der Waals surface area contributed by atoms with Crippen molar-refractivity contribution in [2.75, 3.05) is 36.5 Å². The Kier molecular flexibility index (Phi) is 8.23. The fraction of sp³-hybridized carbons (Fsp3) is 0.250. The van der Waals surface area contributed by atoms with E-state index in [0.717, 1.165) is 42.4 Å². The van der Waals surface area contributed by atoms with Crippen molar-refractivity contribution >= 4 is 40.5 Å². The first-order chi connectivity index (χ1) is 17.1. The van der Waals surface area contributed by atoms with Crippen LogP contribution in [0.3, 0.4) is 0 Å². The third-order valence-corrected chi connectivity index (χ3v) is 6.22. The summed E-state index contributed by atoms with van der Waals surface area (Å²) in [5.41, 5.74) is 4.58. The van der Waals surface area contributed by atoms with E-state index < -0.39 is 0 Å². The smallest absolute Gasteiger partial charge is 0.338 e. The van der Waals surface area contributed by atoms with Crippen molar-refractivity contribution in [3.8, 4) is 0 Å². The quantitative estimate of drug-likeness (QED) is 0.342. The standard InChI is InChI=1S/C28H30N4O2S/c1-3-31(4-2)18-19-34-27(33)21-14-16-24(17-15-21)32-20-22-10-8-9-13-25(22)26(32)30-28(35)29-23-11-6-5-7-12-23/h5-17H,3-4,18-20H2,1-2H3,(H,29,35). The van der Waals surface area contributed by atoms with Gasteiger partial charge in [0.25, 0.3) is 0 Å². The number of para-hydroxylation sites is 1. The molecule has 7 heteroatoms. The van der Waals surface area contributed by atoms with Crippen molar-refractivity contribution in [3.63, 3.8) is 0 Å². The van der Waals surface area contributed by atoms with Crippen molar-refractivity contribution in [2.24, 2.45) is 4.99 Å². The highest BCUT2D eigenvalue weighted by Gasteiger charge is 2.27. The number of ether oxygens (including phenoxy) is 1. The van der Waals surface area contributed by atoms with Gasteiger partial charge in [0.15, 0.2) is 5.11 Å². The average Bonchev–Trinajstić information content (AvgIpc) is 3.25. The number of likely N-dealkylation sites (N-methyl/N-ethyl adjacent to an activating group) is 1. The number of rotatable bonds is 8. The Morgan fingerprint density at radius 1 is 1.00 bits per heavy atom. The zero-order chi connectivity index (χ0) is 24.6.